The first-order chi connectivity index (χ1) is 13.7. The van der Waals surface area contributed by atoms with Gasteiger partial charge < -0.3 is 20.1 Å². The molecule has 158 valence electrons. The van der Waals surface area contributed by atoms with E-state index in [2.05, 4.69) is 45.6 Å². The van der Waals surface area contributed by atoms with Crippen LogP contribution in [0.25, 0.3) is 0 Å². The molecule has 0 unspecified atom stereocenters. The van der Waals surface area contributed by atoms with Crippen LogP contribution in [0.2, 0.25) is 0 Å². The molecule has 1 heterocycles. The van der Waals surface area contributed by atoms with Gasteiger partial charge in [-0.1, -0.05) is 30.3 Å². The van der Waals surface area contributed by atoms with E-state index in [0.29, 0.717) is 6.54 Å². The first-order valence-corrected chi connectivity index (χ1v) is 9.81. The topological polar surface area (TPSA) is 58.1 Å². The molecule has 0 radical (unpaired) electrons. The molecule has 0 bridgehead atoms. The number of nitrogens with zero attached hydrogens (tertiary/aromatic N) is 2. The van der Waals surface area contributed by atoms with Crippen molar-refractivity contribution in [2.75, 3.05) is 46.4 Å². The Hall–Kier alpha value is -1.84. The lowest BCUT2D eigenvalue weighted by atomic mass is 10.1. The molecule has 29 heavy (non-hydrogen) atoms. The van der Waals surface area contributed by atoms with Crippen LogP contribution in [-0.4, -0.2) is 57.3 Å². The van der Waals surface area contributed by atoms with Crippen molar-refractivity contribution < 1.29 is 9.47 Å². The number of hydrogen-bond donors (Lipinski definition) is 2. The summed E-state index contributed by atoms with van der Waals surface area (Å²) < 4.78 is 11.5. The lowest BCUT2D eigenvalue weighted by Gasteiger charge is -2.26. The van der Waals surface area contributed by atoms with Gasteiger partial charge in [-0.25, -0.2) is 0 Å². The maximum absolute atomic E-state index is 6.10. The number of nitrogens with one attached hydrogen (secondary N) is 2. The zero-order valence-electron chi connectivity index (χ0n) is 17.2. The van der Waals surface area contributed by atoms with Crippen LogP contribution in [0.5, 0.6) is 11.5 Å². The summed E-state index contributed by atoms with van der Waals surface area (Å²) in [4.78, 5) is 6.73. The highest BCUT2D eigenvalue weighted by Gasteiger charge is 2.10. The molecular weight excluding hydrogens is 479 g/mol. The van der Waals surface area contributed by atoms with E-state index in [1.54, 1.807) is 7.05 Å². The fourth-order valence-electron chi connectivity index (χ4n) is 3.08. The monoisotopic (exact) mass is 510 g/mol. The second kappa shape index (κ2) is 12.7. The van der Waals surface area contributed by atoms with Gasteiger partial charge in [-0.15, -0.1) is 24.0 Å². The normalized spacial score (nSPS) is 14.8. The number of aryl methyl sites for hydroxylation is 1. The Morgan fingerprint density at radius 2 is 1.86 bits per heavy atom. The van der Waals surface area contributed by atoms with E-state index in [0.717, 1.165) is 62.4 Å². The first-order valence-electron chi connectivity index (χ1n) is 9.81. The van der Waals surface area contributed by atoms with Gasteiger partial charge >= 0.3 is 0 Å². The van der Waals surface area contributed by atoms with Gasteiger partial charge in [-0.05, 0) is 30.7 Å². The van der Waals surface area contributed by atoms with Gasteiger partial charge in [0.15, 0.2) is 5.96 Å². The van der Waals surface area contributed by atoms with Crippen LogP contribution < -0.4 is 15.4 Å². The average molecular weight is 510 g/mol. The molecule has 0 aromatic heterocycles. The average Bonchev–Trinajstić information content (AvgIpc) is 2.73. The van der Waals surface area contributed by atoms with Crippen molar-refractivity contribution in [3.05, 3.63) is 59.7 Å². The Kier molecular flexibility index (Phi) is 10.2. The van der Waals surface area contributed by atoms with Crippen molar-refractivity contribution in [3.8, 4) is 11.5 Å². The Bertz CT molecular complexity index is 765. The number of ether oxygens (including phenoxy) is 2. The Morgan fingerprint density at radius 3 is 2.59 bits per heavy atom. The molecule has 0 saturated carbocycles. The van der Waals surface area contributed by atoms with Crippen molar-refractivity contribution in [1.29, 1.82) is 0 Å². The molecule has 3 rings (SSSR count). The molecule has 1 aliphatic rings. The lowest BCUT2D eigenvalue weighted by Crippen LogP contribution is -2.44. The van der Waals surface area contributed by atoms with E-state index in [-0.39, 0.29) is 24.0 Å². The number of hydrogen-bond acceptors (Lipinski definition) is 4. The molecule has 0 amide bonds. The molecule has 6 nitrogen and oxygen atoms in total. The summed E-state index contributed by atoms with van der Waals surface area (Å²) in [6.45, 7) is 8.18. The van der Waals surface area contributed by atoms with Crippen LogP contribution >= 0.6 is 24.0 Å². The molecule has 0 atom stereocenters. The number of para-hydroxylation sites is 1. The summed E-state index contributed by atoms with van der Waals surface area (Å²) in [7, 11) is 1.79. The van der Waals surface area contributed by atoms with Crippen LogP contribution in [0.3, 0.4) is 0 Å². The van der Waals surface area contributed by atoms with Crippen molar-refractivity contribution in [2.24, 2.45) is 4.99 Å². The van der Waals surface area contributed by atoms with E-state index in [4.69, 9.17) is 9.47 Å². The number of rotatable bonds is 7. The third-order valence-corrected chi connectivity index (χ3v) is 4.69. The van der Waals surface area contributed by atoms with E-state index in [1.807, 2.05) is 30.3 Å². The highest BCUT2D eigenvalue weighted by Crippen LogP contribution is 2.26. The van der Waals surface area contributed by atoms with Crippen molar-refractivity contribution >= 4 is 29.9 Å². The molecule has 2 aromatic carbocycles. The molecular formula is C22H31IN4O2. The molecule has 0 spiro atoms. The zero-order chi connectivity index (χ0) is 19.6. The summed E-state index contributed by atoms with van der Waals surface area (Å²) in [5.41, 5.74) is 2.26. The molecule has 1 saturated heterocycles. The van der Waals surface area contributed by atoms with E-state index >= 15 is 0 Å². The first kappa shape index (κ1) is 23.4. The highest BCUT2D eigenvalue weighted by molar-refractivity contribution is 14.0. The summed E-state index contributed by atoms with van der Waals surface area (Å²) in [6.07, 6.45) is 0. The molecule has 7 heteroatoms. The number of halogens is 1. The zero-order valence-corrected chi connectivity index (χ0v) is 19.5. The second-order valence-corrected chi connectivity index (χ2v) is 6.83. The third kappa shape index (κ3) is 7.83. The highest BCUT2D eigenvalue weighted by atomic mass is 127. The standard InChI is InChI=1S/C22H30N4O2.HI/c1-18-8-9-19(21(16-18)28-20-6-4-3-5-7-20)17-25-22(23-2)24-10-11-26-12-14-27-15-13-26;/h3-9,16H,10-15,17H2,1-2H3,(H2,23,24,25);1H. The number of aliphatic imine (C=N–C) groups is 1. The van der Waals surface area contributed by atoms with Crippen molar-refractivity contribution in [1.82, 2.24) is 15.5 Å². The Labute approximate surface area is 190 Å². The second-order valence-electron chi connectivity index (χ2n) is 6.83. The van der Waals surface area contributed by atoms with Crippen LogP contribution in [0.15, 0.2) is 53.5 Å². The lowest BCUT2D eigenvalue weighted by molar-refractivity contribution is 0.0389. The molecule has 2 N–H and O–H groups in total. The summed E-state index contributed by atoms with van der Waals surface area (Å²) in [5, 5.41) is 6.77. The van der Waals surface area contributed by atoms with Gasteiger partial charge in [0.2, 0.25) is 0 Å². The van der Waals surface area contributed by atoms with Crippen LogP contribution in [0, 0.1) is 6.92 Å². The van der Waals surface area contributed by atoms with Gasteiger partial charge in [-0.2, -0.15) is 0 Å². The number of guanidine groups is 1. The summed E-state index contributed by atoms with van der Waals surface area (Å²) in [6, 6.07) is 16.1. The van der Waals surface area contributed by atoms with Gasteiger partial charge in [0, 0.05) is 45.3 Å². The quantitative estimate of drug-likeness (QED) is 0.340. The maximum atomic E-state index is 6.10. The minimum atomic E-state index is 0. The maximum Gasteiger partial charge on any atom is 0.191 e. The fraction of sp³-hybridized carbons (Fsp3) is 0.409. The van der Waals surface area contributed by atoms with Gasteiger partial charge in [-0.3, -0.25) is 9.89 Å². The molecule has 2 aromatic rings. The summed E-state index contributed by atoms with van der Waals surface area (Å²) in [5.74, 6) is 2.49. The molecule has 0 aliphatic carbocycles. The Morgan fingerprint density at radius 1 is 1.10 bits per heavy atom. The SMILES string of the molecule is CN=C(NCCN1CCOCC1)NCc1ccc(C)cc1Oc1ccccc1.I. The van der Waals surface area contributed by atoms with E-state index in [9.17, 15) is 0 Å². The minimum absolute atomic E-state index is 0. The molecule has 1 fully saturated rings. The number of benzene rings is 2. The van der Waals surface area contributed by atoms with Crippen LogP contribution in [0.4, 0.5) is 0 Å². The third-order valence-electron chi connectivity index (χ3n) is 4.69. The van der Waals surface area contributed by atoms with Crippen LogP contribution in [0.1, 0.15) is 11.1 Å². The predicted molar refractivity (Wildman–Crippen MR) is 129 cm³/mol. The van der Waals surface area contributed by atoms with Gasteiger partial charge in [0.05, 0.1) is 13.2 Å². The fourth-order valence-corrected chi connectivity index (χ4v) is 3.08. The predicted octanol–water partition coefficient (Wildman–Crippen LogP) is 3.40. The molecule has 1 aliphatic heterocycles. The van der Waals surface area contributed by atoms with Crippen molar-refractivity contribution in [2.45, 2.75) is 13.5 Å². The van der Waals surface area contributed by atoms with E-state index < -0.39 is 0 Å². The van der Waals surface area contributed by atoms with Crippen LogP contribution in [-0.2, 0) is 11.3 Å². The van der Waals surface area contributed by atoms with E-state index in [1.165, 1.54) is 5.56 Å². The minimum Gasteiger partial charge on any atom is -0.457 e. The summed E-state index contributed by atoms with van der Waals surface area (Å²) >= 11 is 0. The van der Waals surface area contributed by atoms with Crippen molar-refractivity contribution in [3.63, 3.8) is 0 Å². The smallest absolute Gasteiger partial charge is 0.191 e. The Balaban J connectivity index is 0.00000300. The van der Waals surface area contributed by atoms with Gasteiger partial charge in [0.25, 0.3) is 0 Å². The largest absolute Gasteiger partial charge is 0.457 e. The van der Waals surface area contributed by atoms with Gasteiger partial charge in [0.1, 0.15) is 11.5 Å². The number of morpholine rings is 1.